The Morgan fingerprint density at radius 3 is 0.804 bits per heavy atom. The van der Waals surface area contributed by atoms with Crippen LogP contribution in [0.25, 0.3) is 18.5 Å². The van der Waals surface area contributed by atoms with Crippen LogP contribution in [0.3, 0.4) is 0 Å². The van der Waals surface area contributed by atoms with Gasteiger partial charge in [-0.15, -0.1) is 0 Å². The van der Waals surface area contributed by atoms with Crippen molar-refractivity contribution in [3.05, 3.63) is 182 Å². The second-order valence-electron chi connectivity index (χ2n) is 21.2. The van der Waals surface area contributed by atoms with Gasteiger partial charge in [0.1, 0.15) is 0 Å². The summed E-state index contributed by atoms with van der Waals surface area (Å²) in [6, 6.07) is 26.4. The van der Waals surface area contributed by atoms with Gasteiger partial charge in [-0.25, -0.2) is 28.8 Å². The summed E-state index contributed by atoms with van der Waals surface area (Å²) < 4.78 is 84.9. The maximum atomic E-state index is 12.4. The average Bonchev–Trinajstić information content (AvgIpc) is 0.846. The Morgan fingerprint density at radius 1 is 0.355 bits per heavy atom. The van der Waals surface area contributed by atoms with E-state index in [1.165, 1.54) is 129 Å². The zero-order valence-corrected chi connectivity index (χ0v) is 73.0. The number of aryl methyl sites for hydroxylation is 2. The molecule has 0 spiro atoms. The van der Waals surface area contributed by atoms with E-state index in [2.05, 4.69) is 35.1 Å². The number of rotatable bonds is 36. The molecule has 38 heteroatoms. The number of amides is 6. The third kappa shape index (κ3) is 102. The molecule has 0 aliphatic carbocycles. The summed E-state index contributed by atoms with van der Waals surface area (Å²) in [7, 11) is 29.2. The van der Waals surface area contributed by atoms with Gasteiger partial charge in [-0.3, -0.25) is 0 Å². The molecule has 4 aromatic carbocycles. The molecule has 0 saturated carbocycles. The summed E-state index contributed by atoms with van der Waals surface area (Å²) in [4.78, 5) is 60.8. The summed E-state index contributed by atoms with van der Waals surface area (Å²) in [6.07, 6.45) is 10.5. The zero-order valence-electron chi connectivity index (χ0n) is 61.6. The Labute approximate surface area is 680 Å². The van der Waals surface area contributed by atoms with E-state index < -0.39 is 109 Å². The molecular formula is C69H115Cl6F6N9O14Pt3. The number of nitrogens with one attached hydrogen (secondary N) is 6. The van der Waals surface area contributed by atoms with Gasteiger partial charge in [-0.1, -0.05) is 213 Å². The number of nitrogens with two attached hydrogens (primary N) is 3. The first kappa shape index (κ1) is 126. The Balaban J connectivity index is -0.000000111. The molecule has 4 rings (SSSR count). The van der Waals surface area contributed by atoms with Gasteiger partial charge in [-0.2, -0.15) is 26.3 Å². The number of halogens is 12. The van der Waals surface area contributed by atoms with Gasteiger partial charge < -0.3 is 113 Å². The third-order valence-electron chi connectivity index (χ3n) is 12.7. The molecule has 6 amide bonds. The van der Waals surface area contributed by atoms with Crippen LogP contribution in [0.2, 0.25) is 0 Å². The monoisotopic (exact) mass is 2200 g/mol. The van der Waals surface area contributed by atoms with Crippen LogP contribution in [0.15, 0.2) is 97.1 Å². The van der Waals surface area contributed by atoms with Gasteiger partial charge in [0.25, 0.3) is 0 Å². The van der Waals surface area contributed by atoms with Crippen LogP contribution in [0.5, 0.6) is 0 Å². The number of hydrogen-bond donors (Lipinski definition) is 12. The number of hydrogen-bond acceptors (Lipinski definition) is 8. The van der Waals surface area contributed by atoms with Crippen LogP contribution >= 0.6 is 56.5 Å². The number of carboxylic acid groups (broad SMARTS) is 6. The summed E-state index contributed by atoms with van der Waals surface area (Å²) in [5.41, 5.74) is 2.09. The summed E-state index contributed by atoms with van der Waals surface area (Å²) in [6.45, 7) is 10.9. The van der Waals surface area contributed by atoms with Crippen LogP contribution < -0.4 is 31.9 Å². The molecule has 0 aromatic heterocycles. The number of ether oxygens (including phenoxy) is 2. The van der Waals surface area contributed by atoms with E-state index in [1.807, 2.05) is 71.3 Å². The maximum absolute atomic E-state index is 12.4. The summed E-state index contributed by atoms with van der Waals surface area (Å²) >= 11 is -1.42. The summed E-state index contributed by atoms with van der Waals surface area (Å²) in [5.74, 6) is 0. The molecule has 18 N–H and O–H groups in total. The Bertz CT molecular complexity index is 2490. The first-order chi connectivity index (χ1) is 47.9. The van der Waals surface area contributed by atoms with E-state index in [4.69, 9.17) is 96.6 Å². The standard InChI is InChI=1S/2C13H27NO2.2C10H10F3NO2.2C10H13NO3.3CH3.6ClH.3H2N.3Pt/c2*1-2-3-4-5-6-7-8-9-10-11-12-14-13(15)16;2*1-6-2-7(5-14-9(15)16)4-8(3-6)10(11,12)13;2*12-10(13)11-6-7-14-8-9-4-2-1-3-5-9;;;;;;;;;;;;;;;/h2*14H,2-12H2,1H3,(H,15,16);2*2-4,14H,5H2,1H3,(H,15,16);2*1-5,11H,6-8H2,(H,12,13);3*1H3;6*1H;3*1H2;;;/q;;;;;;3*-1;;;;;;;3*-1;3*+4/p-6. The molecule has 0 bridgehead atoms. The fraction of sp³-hybridized carbons (Fsp3) is 0.522. The van der Waals surface area contributed by atoms with E-state index in [-0.39, 0.29) is 64.9 Å². The SMILES string of the molecule is CCCCCCCCCCCCNC(=O)O.CCCCCCCCCCCCNC(=O)O.Cc1cc(CNC(=O)O)cc(C(F)(F)F)c1.Cc1cc(CNC(=O)O)cc(C(F)(F)F)c1.O=C(O)NCCOCc1ccccc1.O=C(O)NCCOCc1ccccc1.[CH3-].[CH3-].[CH3-].[Cl][Pt+2][Cl].[Cl][Pt+2][Cl].[Cl][Pt+2][Cl].[NH2-].[NH2-].[NH2-]. The van der Waals surface area contributed by atoms with Crippen LogP contribution in [-0.4, -0.2) is 107 Å². The van der Waals surface area contributed by atoms with Crippen LogP contribution in [0.4, 0.5) is 55.1 Å². The van der Waals surface area contributed by atoms with Crippen molar-refractivity contribution in [3.8, 4) is 0 Å². The van der Waals surface area contributed by atoms with E-state index >= 15 is 0 Å². The Kier molecular flexibility index (Phi) is 107. The van der Waals surface area contributed by atoms with Gasteiger partial charge in [0.15, 0.2) is 0 Å². The molecule has 0 aliphatic heterocycles. The minimum absolute atomic E-state index is 0. The molecule has 634 valence electrons. The average molecular weight is 2210 g/mol. The minimum Gasteiger partial charge on any atom is -0.693 e. The molecular weight excluding hydrogens is 2090 g/mol. The molecule has 23 nitrogen and oxygen atoms in total. The molecule has 0 atom stereocenters. The number of alkyl halides is 6. The van der Waals surface area contributed by atoms with Crippen molar-refractivity contribution in [1.29, 1.82) is 0 Å². The molecule has 4 aromatic rings. The van der Waals surface area contributed by atoms with Crippen molar-refractivity contribution in [1.82, 2.24) is 31.9 Å². The second kappa shape index (κ2) is 90.6. The fourth-order valence-corrected chi connectivity index (χ4v) is 8.22. The number of unbranched alkanes of at least 4 members (excludes halogenated alkanes) is 18. The van der Waals surface area contributed by atoms with Crippen molar-refractivity contribution in [2.45, 2.75) is 195 Å². The van der Waals surface area contributed by atoms with Gasteiger partial charge in [0, 0.05) is 39.3 Å². The van der Waals surface area contributed by atoms with Gasteiger partial charge in [-0.05, 0) is 73.2 Å². The van der Waals surface area contributed by atoms with Crippen molar-refractivity contribution in [2.24, 2.45) is 0 Å². The largest absolute Gasteiger partial charge is 0.693 e. The van der Waals surface area contributed by atoms with Gasteiger partial charge in [0.2, 0.25) is 0 Å². The second-order valence-corrected chi connectivity index (χ2v) is 31.1. The van der Waals surface area contributed by atoms with Crippen molar-refractivity contribution < 1.29 is 145 Å². The van der Waals surface area contributed by atoms with E-state index in [0.717, 1.165) is 61.1 Å². The minimum atomic E-state index is -4.41. The number of benzene rings is 4. The van der Waals surface area contributed by atoms with E-state index in [9.17, 15) is 55.1 Å². The predicted octanol–water partition coefficient (Wildman–Crippen LogP) is 24.5. The molecule has 0 unspecified atom stereocenters. The van der Waals surface area contributed by atoms with Crippen molar-refractivity contribution in [2.75, 3.05) is 39.4 Å². The Morgan fingerprint density at radius 2 is 0.579 bits per heavy atom. The first-order valence-electron chi connectivity index (χ1n) is 31.8. The predicted molar refractivity (Wildman–Crippen MR) is 412 cm³/mol. The summed E-state index contributed by atoms with van der Waals surface area (Å²) in [5, 5.41) is 63.2. The zero-order chi connectivity index (χ0) is 77.4. The molecule has 0 aliphatic rings. The van der Waals surface area contributed by atoms with E-state index in [0.29, 0.717) is 63.7 Å². The topological polar surface area (TPSA) is 415 Å². The fourth-order valence-electron chi connectivity index (χ4n) is 8.22. The molecule has 0 heterocycles. The quantitative estimate of drug-likeness (QED) is 0.0114. The third-order valence-corrected chi connectivity index (χ3v) is 12.7. The maximum Gasteiger partial charge on any atom is -0.693 e. The molecule has 0 fully saturated rings. The van der Waals surface area contributed by atoms with E-state index in [1.54, 1.807) is 0 Å². The molecule has 0 radical (unpaired) electrons. The first-order valence-corrected chi connectivity index (χ1v) is 48.7. The van der Waals surface area contributed by atoms with Gasteiger partial charge in [0.05, 0.1) is 37.6 Å². The van der Waals surface area contributed by atoms with Crippen LogP contribution in [0.1, 0.15) is 187 Å². The van der Waals surface area contributed by atoms with Crippen LogP contribution in [-0.2, 0) is 97.6 Å². The van der Waals surface area contributed by atoms with Gasteiger partial charge >= 0.3 is 155 Å². The number of carbonyl (C=O) groups is 6. The normalized spacial score (nSPS) is 9.61. The van der Waals surface area contributed by atoms with Crippen molar-refractivity contribution in [3.63, 3.8) is 0 Å². The van der Waals surface area contributed by atoms with Crippen molar-refractivity contribution >= 4 is 93.1 Å². The molecule has 107 heavy (non-hydrogen) atoms. The Hall–Kier alpha value is -4.32. The molecule has 0 saturated heterocycles. The van der Waals surface area contributed by atoms with Crippen LogP contribution in [0, 0.1) is 36.1 Å². The smallest absolute Gasteiger partial charge is 0.693 e.